The third kappa shape index (κ3) is 2.69. The predicted molar refractivity (Wildman–Crippen MR) is 35.2 cm³/mol. The van der Waals surface area contributed by atoms with Gasteiger partial charge in [0.25, 0.3) is 0 Å². The summed E-state index contributed by atoms with van der Waals surface area (Å²) in [5, 5.41) is 7.60. The smallest absolute Gasteiger partial charge is 0.316 e. The lowest BCUT2D eigenvalue weighted by molar-refractivity contribution is -0.136. The van der Waals surface area contributed by atoms with Crippen LogP contribution in [0.5, 0.6) is 0 Å². The van der Waals surface area contributed by atoms with Gasteiger partial charge in [0, 0.05) is 0 Å². The van der Waals surface area contributed by atoms with Crippen molar-refractivity contribution in [3.05, 3.63) is 12.7 Å². The minimum atomic E-state index is -0.895. The van der Waals surface area contributed by atoms with Crippen LogP contribution in [0.3, 0.4) is 0 Å². The van der Waals surface area contributed by atoms with Gasteiger partial charge in [0.05, 0.1) is 0 Å². The molecule has 0 aromatic heterocycles. The standard InChI is InChI=1S/C5H8O2S/c1-2-3-4(8)5(6)7/h2,4,8H,1,3H2,(H,6,7)/t4-/m1/s1. The van der Waals surface area contributed by atoms with E-state index in [1.54, 1.807) is 0 Å². The van der Waals surface area contributed by atoms with Gasteiger partial charge >= 0.3 is 5.97 Å². The van der Waals surface area contributed by atoms with Crippen molar-refractivity contribution in [2.45, 2.75) is 11.7 Å². The molecule has 1 atom stereocenters. The van der Waals surface area contributed by atoms with Gasteiger partial charge in [-0.3, -0.25) is 4.79 Å². The fourth-order valence-corrected chi connectivity index (χ4v) is 0.408. The molecule has 0 rings (SSSR count). The largest absolute Gasteiger partial charge is 0.480 e. The Kier molecular flexibility index (Phi) is 3.35. The molecule has 0 saturated carbocycles. The van der Waals surface area contributed by atoms with E-state index in [2.05, 4.69) is 19.2 Å². The quantitative estimate of drug-likeness (QED) is 0.443. The molecule has 0 aliphatic heterocycles. The van der Waals surface area contributed by atoms with Crippen LogP contribution in [0.1, 0.15) is 6.42 Å². The van der Waals surface area contributed by atoms with E-state index in [-0.39, 0.29) is 0 Å². The van der Waals surface area contributed by atoms with Crippen molar-refractivity contribution in [2.75, 3.05) is 0 Å². The molecule has 0 spiro atoms. The van der Waals surface area contributed by atoms with Gasteiger partial charge in [-0.2, -0.15) is 12.6 Å². The molecule has 0 amide bonds. The molecule has 3 heteroatoms. The second kappa shape index (κ2) is 3.55. The van der Waals surface area contributed by atoms with Crippen molar-refractivity contribution in [3.8, 4) is 0 Å². The number of thiol groups is 1. The first-order valence-electron chi connectivity index (χ1n) is 2.20. The van der Waals surface area contributed by atoms with Crippen LogP contribution in [0.4, 0.5) is 0 Å². The van der Waals surface area contributed by atoms with Crippen LogP contribution in [0.2, 0.25) is 0 Å². The summed E-state index contributed by atoms with van der Waals surface area (Å²) in [4.78, 5) is 9.97. The van der Waals surface area contributed by atoms with Crippen LogP contribution in [0.15, 0.2) is 12.7 Å². The van der Waals surface area contributed by atoms with E-state index in [0.717, 1.165) is 0 Å². The average Bonchev–Trinajstić information content (AvgIpc) is 1.67. The molecule has 1 N–H and O–H groups in total. The molecule has 0 heterocycles. The number of aliphatic carboxylic acids is 1. The van der Waals surface area contributed by atoms with Gasteiger partial charge in [-0.25, -0.2) is 0 Å². The predicted octanol–water partition coefficient (Wildman–Crippen LogP) is 0.946. The molecule has 0 aromatic rings. The molecular formula is C5H8O2S. The van der Waals surface area contributed by atoms with Crippen molar-refractivity contribution < 1.29 is 9.90 Å². The summed E-state index contributed by atoms with van der Waals surface area (Å²) in [6.07, 6.45) is 1.95. The molecule has 2 nitrogen and oxygen atoms in total. The zero-order chi connectivity index (χ0) is 6.57. The minimum absolute atomic E-state index is 0.415. The van der Waals surface area contributed by atoms with Crippen LogP contribution in [0, 0.1) is 0 Å². The zero-order valence-electron chi connectivity index (χ0n) is 4.37. The van der Waals surface area contributed by atoms with Crippen molar-refractivity contribution in [1.29, 1.82) is 0 Å². The molecule has 8 heavy (non-hydrogen) atoms. The molecule has 0 aromatic carbocycles. The Hall–Kier alpha value is -0.440. The summed E-state index contributed by atoms with van der Waals surface area (Å²) in [6.45, 7) is 3.37. The van der Waals surface area contributed by atoms with E-state index < -0.39 is 11.2 Å². The first-order chi connectivity index (χ1) is 3.68. The zero-order valence-corrected chi connectivity index (χ0v) is 5.27. The molecule has 0 unspecified atom stereocenters. The monoisotopic (exact) mass is 132 g/mol. The summed E-state index contributed by atoms with van der Waals surface area (Å²) in [5.41, 5.74) is 0. The van der Waals surface area contributed by atoms with Crippen LogP contribution in [-0.4, -0.2) is 16.3 Å². The van der Waals surface area contributed by atoms with Gasteiger partial charge in [-0.05, 0) is 6.42 Å². The van der Waals surface area contributed by atoms with Crippen LogP contribution < -0.4 is 0 Å². The lowest BCUT2D eigenvalue weighted by atomic mass is 10.3. The molecular weight excluding hydrogens is 124 g/mol. The van der Waals surface area contributed by atoms with Crippen molar-refractivity contribution in [1.82, 2.24) is 0 Å². The topological polar surface area (TPSA) is 37.3 Å². The van der Waals surface area contributed by atoms with Crippen LogP contribution >= 0.6 is 12.6 Å². The lowest BCUT2D eigenvalue weighted by Gasteiger charge is -1.96. The second-order valence-corrected chi connectivity index (χ2v) is 2.00. The summed E-state index contributed by atoms with van der Waals surface area (Å²) >= 11 is 3.73. The van der Waals surface area contributed by atoms with E-state index in [1.807, 2.05) is 0 Å². The van der Waals surface area contributed by atoms with E-state index in [0.29, 0.717) is 6.42 Å². The maximum atomic E-state index is 9.97. The third-order valence-electron chi connectivity index (χ3n) is 0.675. The molecule has 0 aliphatic carbocycles. The van der Waals surface area contributed by atoms with Crippen LogP contribution in [0.25, 0.3) is 0 Å². The van der Waals surface area contributed by atoms with Crippen molar-refractivity contribution in [2.24, 2.45) is 0 Å². The van der Waals surface area contributed by atoms with E-state index >= 15 is 0 Å². The molecule has 0 saturated heterocycles. The van der Waals surface area contributed by atoms with Gasteiger partial charge in [0.15, 0.2) is 0 Å². The number of carboxylic acids is 1. The van der Waals surface area contributed by atoms with E-state index in [4.69, 9.17) is 5.11 Å². The Labute approximate surface area is 53.6 Å². The molecule has 0 aliphatic rings. The summed E-state index contributed by atoms with van der Waals surface area (Å²) < 4.78 is 0. The highest BCUT2D eigenvalue weighted by atomic mass is 32.1. The van der Waals surface area contributed by atoms with Crippen LogP contribution in [-0.2, 0) is 4.79 Å². The Morgan fingerprint density at radius 1 is 2.00 bits per heavy atom. The number of allylic oxidation sites excluding steroid dienone is 1. The number of carbonyl (C=O) groups is 1. The number of hydrogen-bond donors (Lipinski definition) is 2. The third-order valence-corrected chi connectivity index (χ3v) is 1.11. The first-order valence-corrected chi connectivity index (χ1v) is 2.72. The maximum Gasteiger partial charge on any atom is 0.316 e. The molecule has 46 valence electrons. The summed E-state index contributed by atoms with van der Waals surface area (Å²) in [5.74, 6) is -0.895. The van der Waals surface area contributed by atoms with Gasteiger partial charge in [0.2, 0.25) is 0 Å². The van der Waals surface area contributed by atoms with Gasteiger partial charge in [0.1, 0.15) is 5.25 Å². The normalized spacial score (nSPS) is 12.6. The fourth-order valence-electron chi connectivity index (χ4n) is 0.259. The molecule has 0 fully saturated rings. The van der Waals surface area contributed by atoms with E-state index in [9.17, 15) is 4.79 Å². The maximum absolute atomic E-state index is 9.97. The SMILES string of the molecule is C=CC[C@@H](S)C(=O)O. The second-order valence-electron chi connectivity index (χ2n) is 1.38. The first kappa shape index (κ1) is 7.56. The highest BCUT2D eigenvalue weighted by Gasteiger charge is 2.07. The molecule has 0 bridgehead atoms. The Morgan fingerprint density at radius 3 is 2.62 bits per heavy atom. The van der Waals surface area contributed by atoms with Gasteiger partial charge < -0.3 is 5.11 Å². The molecule has 0 radical (unpaired) electrons. The number of hydrogen-bond acceptors (Lipinski definition) is 2. The minimum Gasteiger partial charge on any atom is -0.480 e. The van der Waals surface area contributed by atoms with Crippen molar-refractivity contribution >= 4 is 18.6 Å². The van der Waals surface area contributed by atoms with Gasteiger partial charge in [-0.15, -0.1) is 6.58 Å². The van der Waals surface area contributed by atoms with Crippen molar-refractivity contribution in [3.63, 3.8) is 0 Å². The number of rotatable bonds is 3. The average molecular weight is 132 g/mol. The highest BCUT2D eigenvalue weighted by molar-refractivity contribution is 7.81. The Balaban J connectivity index is 3.46. The Morgan fingerprint density at radius 2 is 2.50 bits per heavy atom. The highest BCUT2D eigenvalue weighted by Crippen LogP contribution is 2.00. The lowest BCUT2D eigenvalue weighted by Crippen LogP contribution is -2.11. The van der Waals surface area contributed by atoms with E-state index in [1.165, 1.54) is 6.08 Å². The number of carboxylic acid groups (broad SMARTS) is 1. The Bertz CT molecular complexity index is 101. The summed E-state index contributed by atoms with van der Waals surface area (Å²) in [6, 6.07) is 0. The van der Waals surface area contributed by atoms with Gasteiger partial charge in [-0.1, -0.05) is 6.08 Å². The summed E-state index contributed by atoms with van der Waals surface area (Å²) in [7, 11) is 0. The fraction of sp³-hybridized carbons (Fsp3) is 0.400.